The molecule has 1 rings (SSSR count). The number of alkyl halides is 3. The highest BCUT2D eigenvalue weighted by Gasteiger charge is 2.40. The van der Waals surface area contributed by atoms with Crippen LogP contribution in [0.2, 0.25) is 0 Å². The van der Waals surface area contributed by atoms with Gasteiger partial charge in [0.1, 0.15) is 6.61 Å². The molecule has 0 spiro atoms. The number of halogens is 3. The molecule has 0 saturated carbocycles. The quantitative estimate of drug-likeness (QED) is 0.677. The number of amides is 2. The van der Waals surface area contributed by atoms with Crippen LogP contribution in [0.1, 0.15) is 5.56 Å². The standard InChI is InChI=1S/C10H7F3N2O5/c11-10(12,13)8(16)14-9(17)20-5-6-3-1-2-4-7(6)15(18)19/h1-4H,5H2,(H,14,16,17). The molecule has 0 radical (unpaired) electrons. The predicted molar refractivity (Wildman–Crippen MR) is 57.5 cm³/mol. The predicted octanol–water partition coefficient (Wildman–Crippen LogP) is 1.91. The molecule has 1 aromatic carbocycles. The van der Waals surface area contributed by atoms with Crippen molar-refractivity contribution in [1.82, 2.24) is 5.32 Å². The number of hydrogen-bond acceptors (Lipinski definition) is 5. The summed E-state index contributed by atoms with van der Waals surface area (Å²) < 4.78 is 39.8. The van der Waals surface area contributed by atoms with E-state index in [2.05, 4.69) is 4.74 Å². The first-order valence-electron chi connectivity index (χ1n) is 4.99. The molecule has 2 amide bonds. The molecule has 10 heteroatoms. The van der Waals surface area contributed by atoms with Crippen molar-refractivity contribution in [3.05, 3.63) is 39.9 Å². The van der Waals surface area contributed by atoms with Crippen molar-refractivity contribution >= 4 is 17.7 Å². The summed E-state index contributed by atoms with van der Waals surface area (Å²) in [6, 6.07) is 5.19. The second-order valence-electron chi connectivity index (χ2n) is 3.41. The van der Waals surface area contributed by atoms with Crippen LogP contribution in [0.5, 0.6) is 0 Å². The average Bonchev–Trinajstić information content (AvgIpc) is 2.35. The fourth-order valence-electron chi connectivity index (χ4n) is 1.15. The SMILES string of the molecule is O=C(NC(=O)C(F)(F)F)OCc1ccccc1[N+](=O)[O-]. The minimum absolute atomic E-state index is 0.0212. The van der Waals surface area contributed by atoms with Crippen LogP contribution in [0.25, 0.3) is 0 Å². The zero-order valence-corrected chi connectivity index (χ0v) is 9.64. The van der Waals surface area contributed by atoms with Crippen molar-refractivity contribution in [1.29, 1.82) is 0 Å². The highest BCUT2D eigenvalue weighted by atomic mass is 19.4. The van der Waals surface area contributed by atoms with E-state index in [9.17, 15) is 32.9 Å². The maximum absolute atomic E-state index is 11.8. The highest BCUT2D eigenvalue weighted by Crippen LogP contribution is 2.18. The monoisotopic (exact) mass is 292 g/mol. The van der Waals surface area contributed by atoms with Gasteiger partial charge in [-0.05, 0) is 6.07 Å². The van der Waals surface area contributed by atoms with E-state index < -0.39 is 29.7 Å². The Morgan fingerprint density at radius 3 is 2.45 bits per heavy atom. The average molecular weight is 292 g/mol. The van der Waals surface area contributed by atoms with Gasteiger partial charge in [-0.2, -0.15) is 13.2 Å². The molecule has 1 aromatic rings. The Labute approximate surface area is 109 Å². The number of imide groups is 1. The number of ether oxygens (including phenoxy) is 1. The van der Waals surface area contributed by atoms with Crippen LogP contribution in [-0.2, 0) is 16.1 Å². The van der Waals surface area contributed by atoms with Crippen molar-refractivity contribution in [3.8, 4) is 0 Å². The van der Waals surface area contributed by atoms with Crippen LogP contribution < -0.4 is 5.32 Å². The molecule has 0 heterocycles. The maximum atomic E-state index is 11.8. The van der Waals surface area contributed by atoms with Crippen molar-refractivity contribution < 1.29 is 32.4 Å². The minimum Gasteiger partial charge on any atom is -0.444 e. The van der Waals surface area contributed by atoms with Gasteiger partial charge in [-0.1, -0.05) is 12.1 Å². The number of para-hydroxylation sites is 1. The van der Waals surface area contributed by atoms with Crippen molar-refractivity contribution in [2.24, 2.45) is 0 Å². The third-order valence-corrected chi connectivity index (χ3v) is 2.02. The Hall–Kier alpha value is -2.65. The van der Waals surface area contributed by atoms with Crippen LogP contribution in [0, 0.1) is 10.1 Å². The molecule has 0 saturated heterocycles. The van der Waals surface area contributed by atoms with Gasteiger partial charge in [0.05, 0.1) is 10.5 Å². The fourth-order valence-corrected chi connectivity index (χ4v) is 1.15. The molecule has 0 unspecified atom stereocenters. The van der Waals surface area contributed by atoms with Gasteiger partial charge in [-0.15, -0.1) is 0 Å². The van der Waals surface area contributed by atoms with Crippen LogP contribution in [0.15, 0.2) is 24.3 Å². The van der Waals surface area contributed by atoms with Gasteiger partial charge in [-0.25, -0.2) is 4.79 Å². The third kappa shape index (κ3) is 4.23. The van der Waals surface area contributed by atoms with E-state index in [1.165, 1.54) is 18.2 Å². The second kappa shape index (κ2) is 5.99. The number of benzene rings is 1. The number of alkyl carbamates (subject to hydrolysis) is 1. The molecule has 20 heavy (non-hydrogen) atoms. The van der Waals surface area contributed by atoms with Crippen LogP contribution in [0.3, 0.4) is 0 Å². The molecule has 0 atom stereocenters. The molecule has 0 fully saturated rings. The summed E-state index contributed by atoms with van der Waals surface area (Å²) in [6.07, 6.45) is -6.87. The minimum atomic E-state index is -5.22. The van der Waals surface area contributed by atoms with E-state index in [1.807, 2.05) is 0 Å². The number of nitrogens with one attached hydrogen (secondary N) is 1. The molecule has 1 N–H and O–H groups in total. The molecule has 0 aromatic heterocycles. The van der Waals surface area contributed by atoms with Crippen LogP contribution in [-0.4, -0.2) is 23.1 Å². The molecule has 108 valence electrons. The lowest BCUT2D eigenvalue weighted by molar-refractivity contribution is -0.385. The number of hydrogen-bond donors (Lipinski definition) is 1. The largest absolute Gasteiger partial charge is 0.471 e. The number of nitro groups is 1. The summed E-state index contributed by atoms with van der Waals surface area (Å²) in [4.78, 5) is 31.2. The number of carbonyl (C=O) groups excluding carboxylic acids is 2. The number of carbonyl (C=O) groups is 2. The Morgan fingerprint density at radius 1 is 1.30 bits per heavy atom. The highest BCUT2D eigenvalue weighted by molar-refractivity contribution is 5.94. The first-order valence-corrected chi connectivity index (χ1v) is 4.99. The Bertz CT molecular complexity index is 544. The summed E-state index contributed by atoms with van der Waals surface area (Å²) in [5.74, 6) is -2.48. The van der Waals surface area contributed by atoms with Gasteiger partial charge >= 0.3 is 18.2 Å². The molecule has 0 aliphatic rings. The summed E-state index contributed by atoms with van der Waals surface area (Å²) >= 11 is 0. The first-order chi connectivity index (χ1) is 9.21. The topological polar surface area (TPSA) is 98.5 Å². The Balaban J connectivity index is 2.62. The summed E-state index contributed by atoms with van der Waals surface area (Å²) in [6.45, 7) is -0.645. The Morgan fingerprint density at radius 2 is 1.90 bits per heavy atom. The van der Waals surface area contributed by atoms with Crippen LogP contribution in [0.4, 0.5) is 23.7 Å². The number of rotatable bonds is 3. The summed E-state index contributed by atoms with van der Waals surface area (Å²) in [5, 5.41) is 11.6. The van der Waals surface area contributed by atoms with Crippen molar-refractivity contribution in [3.63, 3.8) is 0 Å². The first kappa shape index (κ1) is 15.4. The molecular weight excluding hydrogens is 285 g/mol. The molecule has 0 aliphatic carbocycles. The molecule has 0 bridgehead atoms. The smallest absolute Gasteiger partial charge is 0.444 e. The lowest BCUT2D eigenvalue weighted by Gasteiger charge is -2.08. The van der Waals surface area contributed by atoms with E-state index in [-0.39, 0.29) is 11.3 Å². The number of nitro benzene ring substituents is 1. The zero-order valence-electron chi connectivity index (χ0n) is 9.64. The Kier molecular flexibility index (Phi) is 4.62. The van der Waals surface area contributed by atoms with Gasteiger partial charge in [0, 0.05) is 6.07 Å². The molecular formula is C10H7F3N2O5. The van der Waals surface area contributed by atoms with E-state index in [4.69, 9.17) is 0 Å². The third-order valence-electron chi connectivity index (χ3n) is 2.02. The fraction of sp³-hybridized carbons (Fsp3) is 0.200. The normalized spacial score (nSPS) is 10.8. The lowest BCUT2D eigenvalue weighted by Crippen LogP contribution is -2.40. The molecule has 0 aliphatic heterocycles. The van der Waals surface area contributed by atoms with Crippen LogP contribution >= 0.6 is 0 Å². The van der Waals surface area contributed by atoms with E-state index in [1.54, 1.807) is 0 Å². The summed E-state index contributed by atoms with van der Waals surface area (Å²) in [7, 11) is 0. The van der Waals surface area contributed by atoms with Gasteiger partial charge in [0.2, 0.25) is 0 Å². The van der Waals surface area contributed by atoms with Gasteiger partial charge < -0.3 is 4.74 Å². The maximum Gasteiger partial charge on any atom is 0.471 e. The van der Waals surface area contributed by atoms with E-state index in [0.717, 1.165) is 11.4 Å². The number of nitrogens with zero attached hydrogens (tertiary/aromatic N) is 1. The second-order valence-corrected chi connectivity index (χ2v) is 3.41. The van der Waals surface area contributed by atoms with E-state index >= 15 is 0 Å². The zero-order chi connectivity index (χ0) is 15.3. The summed E-state index contributed by atoms with van der Waals surface area (Å²) in [5.41, 5.74) is -0.380. The van der Waals surface area contributed by atoms with Gasteiger partial charge in [-0.3, -0.25) is 20.2 Å². The van der Waals surface area contributed by atoms with Gasteiger partial charge in [0.15, 0.2) is 0 Å². The van der Waals surface area contributed by atoms with Gasteiger partial charge in [0.25, 0.3) is 5.69 Å². The van der Waals surface area contributed by atoms with Crippen molar-refractivity contribution in [2.75, 3.05) is 0 Å². The van der Waals surface area contributed by atoms with E-state index in [0.29, 0.717) is 0 Å². The lowest BCUT2D eigenvalue weighted by atomic mass is 10.2. The molecule has 7 nitrogen and oxygen atoms in total. The van der Waals surface area contributed by atoms with Crippen molar-refractivity contribution in [2.45, 2.75) is 12.8 Å².